The molecule has 35 heavy (non-hydrogen) atoms. The summed E-state index contributed by atoms with van der Waals surface area (Å²) in [4.78, 5) is 19.2. The number of aliphatic hydroxyl groups excluding tert-OH is 1. The minimum atomic E-state index is -0.786. The first-order chi connectivity index (χ1) is 16.9. The largest absolute Gasteiger partial charge is 0.497 e. The molecule has 186 valence electrons. The molecule has 1 fully saturated rings. The van der Waals surface area contributed by atoms with Crippen molar-refractivity contribution in [2.75, 3.05) is 26.7 Å². The summed E-state index contributed by atoms with van der Waals surface area (Å²) in [5.74, 6) is -0.0356. The van der Waals surface area contributed by atoms with Crippen LogP contribution in [0.2, 0.25) is 0 Å². The van der Waals surface area contributed by atoms with Crippen LogP contribution in [0.15, 0.2) is 54.7 Å². The fourth-order valence-corrected chi connectivity index (χ4v) is 5.35. The molecule has 4 rings (SSSR count). The number of nitrogens with zero attached hydrogens (tertiary/aromatic N) is 2. The minimum Gasteiger partial charge on any atom is -0.497 e. The number of aliphatic hydroxyl groups is 1. The van der Waals surface area contributed by atoms with E-state index < -0.39 is 17.5 Å². The van der Waals surface area contributed by atoms with E-state index in [0.717, 1.165) is 54.5 Å². The molecule has 2 N–H and O–H groups in total. The molecule has 6 nitrogen and oxygen atoms in total. The average Bonchev–Trinajstić information content (AvgIpc) is 2.88. The molecule has 1 aliphatic heterocycles. The normalized spacial score (nSPS) is 16.8. The maximum Gasteiger partial charge on any atom is 0.309 e. The van der Waals surface area contributed by atoms with E-state index in [4.69, 9.17) is 4.74 Å². The number of piperidine rings is 1. The quantitative estimate of drug-likeness (QED) is 0.420. The van der Waals surface area contributed by atoms with Crippen molar-refractivity contribution in [3.05, 3.63) is 71.4 Å². The number of aryl methyl sites for hydroxylation is 2. The lowest BCUT2D eigenvalue weighted by atomic mass is 9.73. The first kappa shape index (κ1) is 25.1. The van der Waals surface area contributed by atoms with Crippen LogP contribution in [0.25, 0.3) is 10.9 Å². The van der Waals surface area contributed by atoms with Crippen molar-refractivity contribution in [1.29, 1.82) is 0 Å². The number of aromatic nitrogens is 1. The van der Waals surface area contributed by atoms with Crippen LogP contribution < -0.4 is 4.74 Å². The molecule has 0 radical (unpaired) electrons. The van der Waals surface area contributed by atoms with Crippen molar-refractivity contribution in [2.24, 2.45) is 5.41 Å². The number of hydrogen-bond donors (Lipinski definition) is 2. The van der Waals surface area contributed by atoms with Gasteiger partial charge in [0, 0.05) is 11.6 Å². The highest BCUT2D eigenvalue weighted by Gasteiger charge is 2.41. The first-order valence-corrected chi connectivity index (χ1v) is 12.5. The second-order valence-electron chi connectivity index (χ2n) is 9.81. The van der Waals surface area contributed by atoms with E-state index in [1.165, 1.54) is 5.56 Å². The van der Waals surface area contributed by atoms with Gasteiger partial charge in [-0.25, -0.2) is 0 Å². The van der Waals surface area contributed by atoms with Gasteiger partial charge in [0.15, 0.2) is 0 Å². The topological polar surface area (TPSA) is 82.9 Å². The van der Waals surface area contributed by atoms with Crippen LogP contribution in [-0.2, 0) is 11.2 Å². The number of carboxylic acid groups (broad SMARTS) is 1. The number of methoxy groups -OCH3 is 1. The molecule has 2 aromatic carbocycles. The zero-order chi connectivity index (χ0) is 24.8. The van der Waals surface area contributed by atoms with Crippen LogP contribution in [-0.4, -0.2) is 52.8 Å². The highest BCUT2D eigenvalue weighted by molar-refractivity contribution is 5.85. The molecule has 0 bridgehead atoms. The number of ether oxygens (including phenoxy) is 1. The predicted octanol–water partition coefficient (Wildman–Crippen LogP) is 5.17. The van der Waals surface area contributed by atoms with Crippen molar-refractivity contribution in [1.82, 2.24) is 9.88 Å². The van der Waals surface area contributed by atoms with Crippen molar-refractivity contribution < 1.29 is 19.7 Å². The van der Waals surface area contributed by atoms with E-state index in [2.05, 4.69) is 34.1 Å². The summed E-state index contributed by atoms with van der Waals surface area (Å²) in [5.41, 5.74) is 3.06. The monoisotopic (exact) mass is 476 g/mol. The Kier molecular flexibility index (Phi) is 8.04. The van der Waals surface area contributed by atoms with Gasteiger partial charge < -0.3 is 19.8 Å². The number of aliphatic carboxylic acids is 1. The molecule has 1 saturated heterocycles. The maximum absolute atomic E-state index is 12.4. The van der Waals surface area contributed by atoms with Crippen LogP contribution in [0, 0.1) is 12.3 Å². The fraction of sp³-hybridized carbons (Fsp3) is 0.448. The van der Waals surface area contributed by atoms with Gasteiger partial charge in [0.25, 0.3) is 0 Å². The number of likely N-dealkylation sites (tertiary alicyclic amines) is 1. The van der Waals surface area contributed by atoms with Crippen molar-refractivity contribution in [3.63, 3.8) is 0 Å². The van der Waals surface area contributed by atoms with E-state index in [1.807, 2.05) is 31.2 Å². The number of carbonyl (C=O) groups is 1. The maximum atomic E-state index is 12.4. The molecule has 1 aromatic heterocycles. The van der Waals surface area contributed by atoms with Crippen molar-refractivity contribution >= 4 is 16.9 Å². The number of rotatable bonds is 10. The van der Waals surface area contributed by atoms with E-state index in [-0.39, 0.29) is 0 Å². The highest BCUT2D eigenvalue weighted by Crippen LogP contribution is 2.40. The third-order valence-corrected chi connectivity index (χ3v) is 7.60. The summed E-state index contributed by atoms with van der Waals surface area (Å²) in [6.45, 7) is 4.49. The van der Waals surface area contributed by atoms with Crippen LogP contribution >= 0.6 is 0 Å². The third-order valence-electron chi connectivity index (χ3n) is 7.60. The van der Waals surface area contributed by atoms with Gasteiger partial charge in [-0.3, -0.25) is 9.78 Å². The number of benzene rings is 2. The molecule has 3 aromatic rings. The smallest absolute Gasteiger partial charge is 0.309 e. The Morgan fingerprint density at radius 3 is 2.60 bits per heavy atom. The van der Waals surface area contributed by atoms with Gasteiger partial charge in [-0.2, -0.15) is 0 Å². The molecule has 0 saturated carbocycles. The summed E-state index contributed by atoms with van der Waals surface area (Å²) in [5, 5.41) is 22.2. The Balaban J connectivity index is 1.38. The number of fused-ring (bicyclic) bond motifs is 1. The molecular weight excluding hydrogens is 440 g/mol. The highest BCUT2D eigenvalue weighted by atomic mass is 16.5. The Hall–Kier alpha value is -2.96. The molecule has 6 heteroatoms. The van der Waals surface area contributed by atoms with E-state index in [9.17, 15) is 15.0 Å². The zero-order valence-electron chi connectivity index (χ0n) is 20.7. The lowest BCUT2D eigenvalue weighted by molar-refractivity contribution is -0.153. The lowest BCUT2D eigenvalue weighted by Gasteiger charge is -2.39. The number of pyridine rings is 1. The zero-order valence-corrected chi connectivity index (χ0v) is 20.7. The molecule has 2 heterocycles. The summed E-state index contributed by atoms with van der Waals surface area (Å²) >= 11 is 0. The van der Waals surface area contributed by atoms with E-state index in [0.29, 0.717) is 31.4 Å². The van der Waals surface area contributed by atoms with Gasteiger partial charge in [-0.1, -0.05) is 30.3 Å². The summed E-state index contributed by atoms with van der Waals surface area (Å²) in [6.07, 6.45) is 5.21. The molecule has 0 spiro atoms. The summed E-state index contributed by atoms with van der Waals surface area (Å²) < 4.78 is 5.37. The van der Waals surface area contributed by atoms with Crippen LogP contribution in [0.3, 0.4) is 0 Å². The molecule has 0 unspecified atom stereocenters. The second-order valence-corrected chi connectivity index (χ2v) is 9.81. The Labute approximate surface area is 207 Å². The molecule has 0 aliphatic carbocycles. The number of carboxylic acids is 1. The molecule has 0 amide bonds. The van der Waals surface area contributed by atoms with Gasteiger partial charge in [-0.05, 0) is 100.0 Å². The number of hydrogen-bond acceptors (Lipinski definition) is 5. The van der Waals surface area contributed by atoms with Gasteiger partial charge in [-0.15, -0.1) is 0 Å². The Bertz CT molecular complexity index is 1140. The summed E-state index contributed by atoms with van der Waals surface area (Å²) in [6, 6.07) is 16.1. The van der Waals surface area contributed by atoms with Gasteiger partial charge in [0.05, 0.1) is 24.1 Å². The Morgan fingerprint density at radius 1 is 1.17 bits per heavy atom. The third kappa shape index (κ3) is 5.82. The minimum absolute atomic E-state index is 0.400. The van der Waals surface area contributed by atoms with E-state index >= 15 is 0 Å². The van der Waals surface area contributed by atoms with Crippen LogP contribution in [0.5, 0.6) is 5.75 Å². The fourth-order valence-electron chi connectivity index (χ4n) is 5.35. The second kappa shape index (κ2) is 11.2. The van der Waals surface area contributed by atoms with Crippen molar-refractivity contribution in [3.8, 4) is 5.75 Å². The molecule has 1 aliphatic rings. The lowest BCUT2D eigenvalue weighted by Crippen LogP contribution is -2.44. The standard InChI is InChI=1S/C29H36N2O4/c1-21-20-30-25-11-10-23(35-2)19-24(25)27(21)26(32)12-13-29(28(33)34)14-17-31(18-15-29)16-6-9-22-7-4-3-5-8-22/h3-5,7-8,10-11,19-20,26,32H,6,9,12-18H2,1-2H3,(H,33,34)/t26-/m0/s1. The van der Waals surface area contributed by atoms with Gasteiger partial charge in [0.1, 0.15) is 5.75 Å². The Morgan fingerprint density at radius 2 is 1.91 bits per heavy atom. The van der Waals surface area contributed by atoms with Crippen LogP contribution in [0.1, 0.15) is 54.9 Å². The molecule has 1 atom stereocenters. The van der Waals surface area contributed by atoms with Crippen LogP contribution in [0.4, 0.5) is 0 Å². The molecular formula is C29H36N2O4. The van der Waals surface area contributed by atoms with Gasteiger partial charge in [0.2, 0.25) is 0 Å². The van der Waals surface area contributed by atoms with Crippen molar-refractivity contribution in [2.45, 2.75) is 51.6 Å². The average molecular weight is 477 g/mol. The summed E-state index contributed by atoms with van der Waals surface area (Å²) in [7, 11) is 1.62. The first-order valence-electron chi connectivity index (χ1n) is 12.5. The predicted molar refractivity (Wildman–Crippen MR) is 138 cm³/mol. The SMILES string of the molecule is COc1ccc2ncc(C)c([C@@H](O)CCC3(C(=O)O)CCN(CCCc4ccccc4)CC3)c2c1. The van der Waals surface area contributed by atoms with Gasteiger partial charge >= 0.3 is 5.97 Å². The van der Waals surface area contributed by atoms with E-state index in [1.54, 1.807) is 13.3 Å².